The summed E-state index contributed by atoms with van der Waals surface area (Å²) in [6, 6.07) is 11.2. The molecule has 1 heterocycles. The number of benzene rings is 2. The van der Waals surface area contributed by atoms with E-state index in [0.29, 0.717) is 18.7 Å². The smallest absolute Gasteiger partial charge is 0.290 e. The maximum atomic E-state index is 12.0. The molecule has 0 atom stereocenters. The number of anilines is 1. The van der Waals surface area contributed by atoms with E-state index >= 15 is 0 Å². The van der Waals surface area contributed by atoms with Crippen LogP contribution in [0.1, 0.15) is 41.3 Å². The fourth-order valence-electron chi connectivity index (χ4n) is 3.26. The summed E-state index contributed by atoms with van der Waals surface area (Å²) in [5.41, 5.74) is 3.67. The lowest BCUT2D eigenvalue weighted by atomic mass is 10.0. The number of fused-ring (bicyclic) bond motifs is 2. The Labute approximate surface area is 167 Å². The van der Waals surface area contributed by atoms with Crippen molar-refractivity contribution in [2.75, 3.05) is 18.1 Å². The molecular weight excluding hydrogens is 384 g/mol. The van der Waals surface area contributed by atoms with Gasteiger partial charge in [-0.3, -0.25) is 4.79 Å². The monoisotopic (exact) mass is 404 g/mol. The van der Waals surface area contributed by atoms with Crippen LogP contribution in [-0.2, 0) is 24.4 Å². The van der Waals surface area contributed by atoms with Crippen LogP contribution in [0.4, 0.5) is 5.69 Å². The van der Waals surface area contributed by atoms with E-state index in [0.717, 1.165) is 42.3 Å². The molecule has 0 radical (unpaired) electrons. The van der Waals surface area contributed by atoms with E-state index in [1.165, 1.54) is 11.1 Å². The van der Waals surface area contributed by atoms with Crippen LogP contribution in [0.15, 0.2) is 40.8 Å². The van der Waals surface area contributed by atoms with Gasteiger partial charge in [0.25, 0.3) is 5.91 Å². The molecule has 1 aliphatic rings. The summed E-state index contributed by atoms with van der Waals surface area (Å²) >= 11 is 6.12. The first-order chi connectivity index (χ1) is 13.1. The lowest BCUT2D eigenvalue weighted by Gasteiger charge is -2.26. The summed E-state index contributed by atoms with van der Waals surface area (Å²) in [4.78, 5) is 14.2. The zero-order chi connectivity index (χ0) is 19.2. The van der Waals surface area contributed by atoms with Crippen LogP contribution in [0.3, 0.4) is 0 Å². The number of ether oxygens (including phenoxy) is 1. The molecule has 1 aliphatic heterocycles. The second-order valence-corrected chi connectivity index (χ2v) is 7.15. The Balaban J connectivity index is 2.05. The number of halogens is 1. The van der Waals surface area contributed by atoms with Crippen molar-refractivity contribution in [1.82, 2.24) is 0 Å². The minimum Gasteiger partial charge on any atom is -0.491 e. The van der Waals surface area contributed by atoms with Gasteiger partial charge < -0.3 is 9.64 Å². The first kappa shape index (κ1) is 19.6. The van der Waals surface area contributed by atoms with Crippen molar-refractivity contribution in [2.45, 2.75) is 32.7 Å². The van der Waals surface area contributed by atoms with Gasteiger partial charge in [0.1, 0.15) is 5.75 Å². The van der Waals surface area contributed by atoms with Gasteiger partial charge in [-0.15, -0.1) is 4.36 Å². The molecule has 2 aromatic carbocycles. The summed E-state index contributed by atoms with van der Waals surface area (Å²) < 4.78 is 20.0. The minimum atomic E-state index is -0.532. The van der Waals surface area contributed by atoms with Crippen LogP contribution in [0.25, 0.3) is 0 Å². The predicted octanol–water partition coefficient (Wildman–Crippen LogP) is 4.62. The van der Waals surface area contributed by atoms with E-state index in [1.54, 1.807) is 18.2 Å². The summed E-state index contributed by atoms with van der Waals surface area (Å²) in [5.74, 6) is 0.205. The van der Waals surface area contributed by atoms with Gasteiger partial charge in [-0.05, 0) is 67.6 Å². The second kappa shape index (κ2) is 9.15. The summed E-state index contributed by atoms with van der Waals surface area (Å²) in [7, 11) is 0. The summed E-state index contributed by atoms with van der Waals surface area (Å²) in [6.07, 6.45) is 2.90. The maximum absolute atomic E-state index is 12.0. The van der Waals surface area contributed by atoms with Gasteiger partial charge in [0.15, 0.2) is 0 Å². The summed E-state index contributed by atoms with van der Waals surface area (Å²) in [5, 5.41) is 0.743. The SMILES string of the molecule is CCN1Cc2ccc(Cl)cc2CCCCOc2ccc(C(=O)N=S=O)cc21. The van der Waals surface area contributed by atoms with Gasteiger partial charge >= 0.3 is 0 Å². The molecule has 0 saturated heterocycles. The molecule has 1 amide bonds. The van der Waals surface area contributed by atoms with Crippen molar-refractivity contribution in [3.8, 4) is 5.75 Å². The molecule has 3 rings (SSSR count). The van der Waals surface area contributed by atoms with E-state index in [2.05, 4.69) is 22.3 Å². The highest BCUT2D eigenvalue weighted by atomic mass is 35.5. The number of carbonyl (C=O) groups excluding carboxylic acids is 1. The number of nitrogens with zero attached hydrogens (tertiary/aromatic N) is 2. The van der Waals surface area contributed by atoms with Crippen molar-refractivity contribution < 1.29 is 13.7 Å². The molecule has 2 aromatic rings. The average Bonchev–Trinajstić information content (AvgIpc) is 2.70. The van der Waals surface area contributed by atoms with E-state index in [4.69, 9.17) is 16.3 Å². The molecule has 27 heavy (non-hydrogen) atoms. The Kier molecular flexibility index (Phi) is 6.63. The van der Waals surface area contributed by atoms with E-state index in [-0.39, 0.29) is 11.5 Å². The fourth-order valence-corrected chi connectivity index (χ4v) is 3.63. The first-order valence-electron chi connectivity index (χ1n) is 8.96. The molecule has 0 aromatic heterocycles. The van der Waals surface area contributed by atoms with E-state index in [9.17, 15) is 9.00 Å². The molecular formula is C20H21ClN2O3S. The Morgan fingerprint density at radius 2 is 2.07 bits per heavy atom. The number of aryl methyl sites for hydroxylation is 1. The van der Waals surface area contributed by atoms with Crippen molar-refractivity contribution in [3.05, 3.63) is 58.1 Å². The van der Waals surface area contributed by atoms with Crippen LogP contribution < -0.4 is 9.64 Å². The van der Waals surface area contributed by atoms with Crippen molar-refractivity contribution in [3.63, 3.8) is 0 Å². The number of carbonyl (C=O) groups is 1. The van der Waals surface area contributed by atoms with Crippen LogP contribution in [0, 0.1) is 0 Å². The summed E-state index contributed by atoms with van der Waals surface area (Å²) in [6.45, 7) is 4.09. The van der Waals surface area contributed by atoms with Crippen LogP contribution in [-0.4, -0.2) is 23.3 Å². The zero-order valence-electron chi connectivity index (χ0n) is 15.1. The van der Waals surface area contributed by atoms with Gasteiger partial charge in [-0.25, -0.2) is 0 Å². The highest BCUT2D eigenvalue weighted by molar-refractivity contribution is 7.55. The lowest BCUT2D eigenvalue weighted by molar-refractivity contribution is 0.101. The molecule has 7 heteroatoms. The molecule has 0 unspecified atom stereocenters. The van der Waals surface area contributed by atoms with Gasteiger partial charge in [0.05, 0.1) is 12.3 Å². The zero-order valence-corrected chi connectivity index (χ0v) is 16.7. The number of hydrogen-bond donors (Lipinski definition) is 0. The normalized spacial score (nSPS) is 14.2. The topological polar surface area (TPSA) is 59.0 Å². The second-order valence-electron chi connectivity index (χ2n) is 6.39. The largest absolute Gasteiger partial charge is 0.491 e. The fraction of sp³-hybridized carbons (Fsp3) is 0.350. The van der Waals surface area contributed by atoms with E-state index in [1.807, 2.05) is 12.1 Å². The molecule has 5 nitrogen and oxygen atoms in total. The first-order valence-corrected chi connectivity index (χ1v) is 10.0. The molecule has 0 fully saturated rings. The van der Waals surface area contributed by atoms with Crippen molar-refractivity contribution in [1.29, 1.82) is 0 Å². The Morgan fingerprint density at radius 1 is 1.22 bits per heavy atom. The lowest BCUT2D eigenvalue weighted by Crippen LogP contribution is -2.23. The van der Waals surface area contributed by atoms with Crippen LogP contribution >= 0.6 is 11.6 Å². The molecule has 0 spiro atoms. The van der Waals surface area contributed by atoms with Crippen molar-refractivity contribution in [2.24, 2.45) is 4.36 Å². The maximum Gasteiger partial charge on any atom is 0.290 e. The van der Waals surface area contributed by atoms with Crippen LogP contribution in [0.2, 0.25) is 5.02 Å². The van der Waals surface area contributed by atoms with Gasteiger partial charge in [0, 0.05) is 23.7 Å². The average molecular weight is 405 g/mol. The van der Waals surface area contributed by atoms with Gasteiger partial charge in [0.2, 0.25) is 11.5 Å². The highest BCUT2D eigenvalue weighted by Crippen LogP contribution is 2.33. The molecule has 142 valence electrons. The minimum absolute atomic E-state index is 0.0751. The predicted molar refractivity (Wildman–Crippen MR) is 108 cm³/mol. The quantitative estimate of drug-likeness (QED) is 0.732. The third-order valence-corrected chi connectivity index (χ3v) is 5.15. The Hall–Kier alpha value is -2.18. The third kappa shape index (κ3) is 4.76. The van der Waals surface area contributed by atoms with Gasteiger partial charge in [-0.1, -0.05) is 17.7 Å². The Bertz CT molecular complexity index is 897. The highest BCUT2D eigenvalue weighted by Gasteiger charge is 2.18. The third-order valence-electron chi connectivity index (χ3n) is 4.68. The van der Waals surface area contributed by atoms with Crippen LogP contribution in [0.5, 0.6) is 5.75 Å². The standard InChI is InChI=1S/C20H21ClN2O3S/c1-2-23-13-16-6-8-17(21)11-14(16)5-3-4-10-26-19-9-7-15(12-18(19)23)20(24)22-27-25/h6-9,11-12H,2-5,10,13H2,1H3. The number of amides is 1. The van der Waals surface area contributed by atoms with Crippen molar-refractivity contribution >= 4 is 34.7 Å². The van der Waals surface area contributed by atoms with Gasteiger partial charge in [-0.2, -0.15) is 4.21 Å². The molecule has 0 saturated carbocycles. The molecule has 0 N–H and O–H groups in total. The Morgan fingerprint density at radius 3 is 2.85 bits per heavy atom. The number of rotatable bonds is 2. The molecule has 0 aliphatic carbocycles. The molecule has 0 bridgehead atoms. The van der Waals surface area contributed by atoms with E-state index < -0.39 is 5.91 Å². The number of hydrogen-bond acceptors (Lipinski definition) is 4.